The van der Waals surface area contributed by atoms with Crippen LogP contribution in [0, 0.1) is 23.5 Å². The predicted octanol–water partition coefficient (Wildman–Crippen LogP) is 4.18. The second-order valence-electron chi connectivity index (χ2n) is 9.53. The van der Waals surface area contributed by atoms with Gasteiger partial charge in [-0.1, -0.05) is 18.2 Å². The molecule has 4 rings (SSSR count). The van der Waals surface area contributed by atoms with E-state index < -0.39 is 17.6 Å². The molecule has 0 spiro atoms. The zero-order chi connectivity index (χ0) is 26.2. The number of hydrogen-bond acceptors (Lipinski definition) is 5. The summed E-state index contributed by atoms with van der Waals surface area (Å²) in [5.41, 5.74) is 3.12. The van der Waals surface area contributed by atoms with Crippen molar-refractivity contribution < 1.29 is 18.4 Å². The van der Waals surface area contributed by atoms with Crippen molar-refractivity contribution in [3.05, 3.63) is 95.3 Å². The third-order valence-corrected chi connectivity index (χ3v) is 7.02. The van der Waals surface area contributed by atoms with Crippen molar-refractivity contribution >= 4 is 17.9 Å². The molecule has 1 aromatic heterocycles. The number of benzene rings is 2. The second-order valence-corrected chi connectivity index (χ2v) is 9.53. The molecule has 0 saturated carbocycles. The molecule has 194 valence electrons. The highest BCUT2D eigenvalue weighted by Crippen LogP contribution is 2.31. The predicted molar refractivity (Wildman–Crippen MR) is 139 cm³/mol. The number of para-hydroxylation sites is 1. The monoisotopic (exact) mass is 506 g/mol. The molecule has 1 aliphatic heterocycles. The van der Waals surface area contributed by atoms with Crippen molar-refractivity contribution in [1.29, 1.82) is 0 Å². The van der Waals surface area contributed by atoms with E-state index in [1.54, 1.807) is 19.4 Å². The van der Waals surface area contributed by atoms with E-state index in [1.807, 2.05) is 41.3 Å². The van der Waals surface area contributed by atoms with Gasteiger partial charge in [0.1, 0.15) is 17.9 Å². The first kappa shape index (κ1) is 26.4. The van der Waals surface area contributed by atoms with E-state index in [0.717, 1.165) is 29.2 Å². The van der Waals surface area contributed by atoms with E-state index in [1.165, 1.54) is 12.1 Å². The normalized spacial score (nSPS) is 17.8. The summed E-state index contributed by atoms with van der Waals surface area (Å²) >= 11 is 0. The van der Waals surface area contributed by atoms with E-state index in [-0.39, 0.29) is 24.2 Å². The van der Waals surface area contributed by atoms with Crippen molar-refractivity contribution in [2.75, 3.05) is 32.0 Å². The molecule has 1 amide bonds. The van der Waals surface area contributed by atoms with Crippen molar-refractivity contribution in [2.24, 2.45) is 11.8 Å². The van der Waals surface area contributed by atoms with Gasteiger partial charge in [0.15, 0.2) is 0 Å². The second kappa shape index (κ2) is 12.5. The van der Waals surface area contributed by atoms with Crippen LogP contribution in [0.2, 0.25) is 0 Å². The highest BCUT2D eigenvalue weighted by molar-refractivity contribution is 5.87. The van der Waals surface area contributed by atoms with Crippen LogP contribution in [-0.2, 0) is 22.6 Å². The third kappa shape index (κ3) is 6.77. The summed E-state index contributed by atoms with van der Waals surface area (Å²) in [6.07, 6.45) is 4.74. The van der Waals surface area contributed by atoms with Gasteiger partial charge in [-0.15, -0.1) is 0 Å². The summed E-state index contributed by atoms with van der Waals surface area (Å²) in [6, 6.07) is 14.9. The Morgan fingerprint density at radius 2 is 1.78 bits per heavy atom. The highest BCUT2D eigenvalue weighted by Gasteiger charge is 2.33. The molecule has 1 fully saturated rings. The van der Waals surface area contributed by atoms with Crippen LogP contribution in [0.5, 0.6) is 0 Å². The molecule has 2 N–H and O–H groups in total. The maximum absolute atomic E-state index is 14.1. The van der Waals surface area contributed by atoms with Gasteiger partial charge in [-0.3, -0.25) is 9.78 Å². The Bertz CT molecular complexity index is 1190. The minimum absolute atomic E-state index is 0.0687. The molecule has 3 aromatic rings. The van der Waals surface area contributed by atoms with Crippen LogP contribution in [-0.4, -0.2) is 48.8 Å². The van der Waals surface area contributed by atoms with E-state index in [9.17, 15) is 18.4 Å². The summed E-state index contributed by atoms with van der Waals surface area (Å²) in [4.78, 5) is 31.6. The van der Waals surface area contributed by atoms with Crippen LogP contribution in [0.1, 0.15) is 29.0 Å². The molecule has 6 nitrogen and oxygen atoms in total. The molecule has 3 atom stereocenters. The molecule has 3 unspecified atom stereocenters. The number of amides is 1. The van der Waals surface area contributed by atoms with Crippen LogP contribution in [0.15, 0.2) is 67.0 Å². The largest absolute Gasteiger partial charge is 0.388 e. The van der Waals surface area contributed by atoms with Gasteiger partial charge in [-0.05, 0) is 78.4 Å². The number of aromatic nitrogens is 1. The Kier molecular flexibility index (Phi) is 8.95. The first-order valence-corrected chi connectivity index (χ1v) is 12.5. The van der Waals surface area contributed by atoms with Crippen molar-refractivity contribution in [1.82, 2.24) is 15.2 Å². The average Bonchev–Trinajstić information content (AvgIpc) is 3.32. The molecular weight excluding hydrogens is 474 g/mol. The fraction of sp³-hybridized carbons (Fsp3) is 0.345. The van der Waals surface area contributed by atoms with E-state index in [0.29, 0.717) is 38.2 Å². The Labute approximate surface area is 216 Å². The van der Waals surface area contributed by atoms with E-state index in [2.05, 4.69) is 15.6 Å². The number of aldehydes is 1. The number of nitrogens with one attached hydrogen (secondary N) is 2. The smallest absolute Gasteiger partial charge is 0.230 e. The van der Waals surface area contributed by atoms with Crippen molar-refractivity contribution in [3.8, 4) is 0 Å². The number of pyridine rings is 1. The van der Waals surface area contributed by atoms with E-state index in [4.69, 9.17) is 0 Å². The van der Waals surface area contributed by atoms with Gasteiger partial charge in [0.05, 0.1) is 5.92 Å². The number of carbonyl (C=O) groups is 2. The van der Waals surface area contributed by atoms with Crippen molar-refractivity contribution in [2.45, 2.75) is 25.3 Å². The summed E-state index contributed by atoms with van der Waals surface area (Å²) in [7, 11) is 1.79. The Balaban J connectivity index is 1.60. The van der Waals surface area contributed by atoms with Gasteiger partial charge in [0.25, 0.3) is 0 Å². The van der Waals surface area contributed by atoms with Crippen LogP contribution in [0.25, 0.3) is 0 Å². The van der Waals surface area contributed by atoms with Gasteiger partial charge >= 0.3 is 0 Å². The van der Waals surface area contributed by atoms with Gasteiger partial charge in [-0.2, -0.15) is 0 Å². The maximum Gasteiger partial charge on any atom is 0.230 e. The quantitative estimate of drug-likeness (QED) is 0.382. The molecule has 1 saturated heterocycles. The zero-order valence-electron chi connectivity index (χ0n) is 20.9. The number of hydrogen-bond donors (Lipinski definition) is 2. The Morgan fingerprint density at radius 3 is 2.49 bits per heavy atom. The lowest BCUT2D eigenvalue weighted by molar-refractivity contribution is -0.135. The van der Waals surface area contributed by atoms with Gasteiger partial charge < -0.3 is 20.3 Å². The summed E-state index contributed by atoms with van der Waals surface area (Å²) in [6.45, 7) is 2.21. The number of halogens is 2. The van der Waals surface area contributed by atoms with Crippen LogP contribution in [0.4, 0.5) is 14.5 Å². The molecule has 0 radical (unpaired) electrons. The highest BCUT2D eigenvalue weighted by atomic mass is 19.1. The van der Waals surface area contributed by atoms with Gasteiger partial charge in [-0.25, -0.2) is 8.78 Å². The average molecular weight is 507 g/mol. The van der Waals surface area contributed by atoms with E-state index >= 15 is 0 Å². The lowest BCUT2D eigenvalue weighted by atomic mass is 9.88. The summed E-state index contributed by atoms with van der Waals surface area (Å²) < 4.78 is 27.6. The number of carbonyl (C=O) groups excluding carboxylic acids is 2. The molecule has 2 heterocycles. The topological polar surface area (TPSA) is 74.3 Å². The summed E-state index contributed by atoms with van der Waals surface area (Å²) in [5.74, 6) is -1.77. The SMILES string of the molecule is CNc1ccccc1C(CC=O)C(=O)N(Cc1ccncc1)CC1CNCC1Cc1cc(F)cc(F)c1. The number of rotatable bonds is 11. The molecular formula is C29H32F2N4O2. The first-order chi connectivity index (χ1) is 18.0. The molecule has 37 heavy (non-hydrogen) atoms. The molecule has 2 aromatic carbocycles. The fourth-order valence-corrected chi connectivity index (χ4v) is 5.20. The third-order valence-electron chi connectivity index (χ3n) is 7.02. The molecule has 0 aliphatic carbocycles. The maximum atomic E-state index is 14.1. The molecule has 8 heteroatoms. The van der Waals surface area contributed by atoms with Gasteiger partial charge in [0, 0.05) is 50.7 Å². The minimum atomic E-state index is -0.631. The standard InChI is InChI=1S/C29H32F2N4O2/c1-32-28-5-3-2-4-26(28)27(8-11-36)29(37)35(18-20-6-9-33-10-7-20)19-23-17-34-16-22(23)12-21-13-24(30)15-25(31)14-21/h2-7,9-11,13-15,22-23,27,32,34H,8,12,16-19H2,1H3. The van der Waals surface area contributed by atoms with Crippen molar-refractivity contribution in [3.63, 3.8) is 0 Å². The molecule has 1 aliphatic rings. The summed E-state index contributed by atoms with van der Waals surface area (Å²) in [5, 5.41) is 6.51. The van der Waals surface area contributed by atoms with Crippen LogP contribution < -0.4 is 10.6 Å². The van der Waals surface area contributed by atoms with Crippen LogP contribution in [0.3, 0.4) is 0 Å². The lowest BCUT2D eigenvalue weighted by Crippen LogP contribution is -2.40. The number of anilines is 1. The zero-order valence-corrected chi connectivity index (χ0v) is 20.9. The first-order valence-electron chi connectivity index (χ1n) is 12.5. The Morgan fingerprint density at radius 1 is 1.08 bits per heavy atom. The lowest BCUT2D eigenvalue weighted by Gasteiger charge is -2.32. The Hall–Kier alpha value is -3.65. The number of nitrogens with zero attached hydrogens (tertiary/aromatic N) is 2. The van der Waals surface area contributed by atoms with Crippen LogP contribution >= 0.6 is 0 Å². The minimum Gasteiger partial charge on any atom is -0.388 e. The molecule has 0 bridgehead atoms. The fourth-order valence-electron chi connectivity index (χ4n) is 5.20. The van der Waals surface area contributed by atoms with Gasteiger partial charge in [0.2, 0.25) is 5.91 Å².